The minimum Gasteiger partial charge on any atom is -0.497 e. The van der Waals surface area contributed by atoms with Gasteiger partial charge in [-0.25, -0.2) is 9.97 Å². The molecule has 0 spiro atoms. The number of aryl methyl sites for hydroxylation is 1. The maximum absolute atomic E-state index is 14.1. The zero-order valence-electron chi connectivity index (χ0n) is 23.9. The fourth-order valence-electron chi connectivity index (χ4n) is 5.62. The molecular formula is C33H29F3N4O3S. The highest BCUT2D eigenvalue weighted by Crippen LogP contribution is 2.38. The van der Waals surface area contributed by atoms with E-state index in [0.29, 0.717) is 42.3 Å². The summed E-state index contributed by atoms with van der Waals surface area (Å²) in [7, 11) is 1.53. The zero-order chi connectivity index (χ0) is 30.8. The van der Waals surface area contributed by atoms with Gasteiger partial charge in [0.15, 0.2) is 21.3 Å². The third-order valence-electron chi connectivity index (χ3n) is 7.86. The van der Waals surface area contributed by atoms with Crippen LogP contribution in [0.4, 0.5) is 18.3 Å². The molecule has 0 N–H and O–H groups in total. The number of alkyl halides is 3. The summed E-state index contributed by atoms with van der Waals surface area (Å²) >= 11 is 1.13. The fourth-order valence-corrected chi connectivity index (χ4v) is 6.63. The van der Waals surface area contributed by atoms with E-state index in [2.05, 4.69) is 9.97 Å². The van der Waals surface area contributed by atoms with Crippen LogP contribution in [0.25, 0.3) is 21.7 Å². The highest BCUT2D eigenvalue weighted by molar-refractivity contribution is 7.21. The molecule has 5 aromatic rings. The number of nitrogens with zero attached hydrogens (tertiary/aromatic N) is 4. The standard InChI is InChI=1S/C33H29F3N4O3S/c1-43-23-16-13-22(14-17-23)20-40-29(24-10-5-6-11-25(24)33(34,35)36)38-30-28(31(40)42)37-32(44-30)39-19-7-12-26(39)27(41)18-15-21-8-3-2-4-9-21/h2-6,8-11,13-14,16-17,26H,7,12,15,18-20H2,1H3/t26-/m1/s1. The van der Waals surface area contributed by atoms with Crippen molar-refractivity contribution in [1.82, 2.24) is 14.5 Å². The Bertz CT molecular complexity index is 1850. The maximum Gasteiger partial charge on any atom is 0.417 e. The molecule has 1 fully saturated rings. The molecule has 0 amide bonds. The van der Waals surface area contributed by atoms with Crippen LogP contribution in [-0.4, -0.2) is 40.0 Å². The highest BCUT2D eigenvalue weighted by atomic mass is 32.1. The monoisotopic (exact) mass is 618 g/mol. The summed E-state index contributed by atoms with van der Waals surface area (Å²) in [5.74, 6) is 0.605. The first kappa shape index (κ1) is 29.6. The molecule has 226 valence electrons. The average Bonchev–Trinajstić information content (AvgIpc) is 3.69. The molecule has 3 heterocycles. The Labute approximate surface area is 255 Å². The lowest BCUT2D eigenvalue weighted by molar-refractivity contribution is -0.137. The number of hydrogen-bond donors (Lipinski definition) is 0. The molecule has 1 aliphatic heterocycles. The number of fused-ring (bicyclic) bond motifs is 1. The van der Waals surface area contributed by atoms with E-state index < -0.39 is 17.3 Å². The van der Waals surface area contributed by atoms with Crippen molar-refractivity contribution in [3.05, 3.63) is 106 Å². The van der Waals surface area contributed by atoms with E-state index in [1.165, 1.54) is 29.9 Å². The van der Waals surface area contributed by atoms with Crippen LogP contribution in [0.2, 0.25) is 0 Å². The van der Waals surface area contributed by atoms with Crippen LogP contribution in [0.1, 0.15) is 36.0 Å². The summed E-state index contributed by atoms with van der Waals surface area (Å²) in [5, 5.41) is 0.470. The first-order valence-corrected chi connectivity index (χ1v) is 15.1. The molecule has 2 aromatic heterocycles. The van der Waals surface area contributed by atoms with E-state index in [1.54, 1.807) is 24.3 Å². The first-order valence-electron chi connectivity index (χ1n) is 14.3. The molecule has 0 radical (unpaired) electrons. The summed E-state index contributed by atoms with van der Waals surface area (Å²) in [4.78, 5) is 38.7. The number of methoxy groups -OCH3 is 1. The van der Waals surface area contributed by atoms with Crippen molar-refractivity contribution in [1.29, 1.82) is 0 Å². The molecule has 11 heteroatoms. The molecular weight excluding hydrogens is 589 g/mol. The minimum absolute atomic E-state index is 0.0233. The molecule has 0 unspecified atom stereocenters. The molecule has 3 aromatic carbocycles. The smallest absolute Gasteiger partial charge is 0.417 e. The Kier molecular flexibility index (Phi) is 8.22. The topological polar surface area (TPSA) is 77.3 Å². The van der Waals surface area contributed by atoms with Gasteiger partial charge in [-0.2, -0.15) is 13.2 Å². The number of Topliss-reactive ketones (excluding diaryl/α,β-unsaturated/α-hetero) is 1. The number of aromatic nitrogens is 3. The Morgan fingerprint density at radius 2 is 1.70 bits per heavy atom. The van der Waals surface area contributed by atoms with Crippen LogP contribution in [0.3, 0.4) is 0 Å². The van der Waals surface area contributed by atoms with Crippen LogP contribution < -0.4 is 15.2 Å². The van der Waals surface area contributed by atoms with Gasteiger partial charge in [-0.15, -0.1) is 0 Å². The molecule has 0 saturated carbocycles. The van der Waals surface area contributed by atoms with Gasteiger partial charge in [-0.3, -0.25) is 14.2 Å². The second kappa shape index (κ2) is 12.2. The van der Waals surface area contributed by atoms with Gasteiger partial charge in [0.1, 0.15) is 11.6 Å². The molecule has 1 saturated heterocycles. The van der Waals surface area contributed by atoms with Crippen molar-refractivity contribution >= 4 is 32.6 Å². The number of carbonyl (C=O) groups is 1. The van der Waals surface area contributed by atoms with E-state index >= 15 is 0 Å². The summed E-state index contributed by atoms with van der Waals surface area (Å²) in [6.07, 6.45) is -2.19. The zero-order valence-corrected chi connectivity index (χ0v) is 24.7. The van der Waals surface area contributed by atoms with Gasteiger partial charge in [0.2, 0.25) is 0 Å². The maximum atomic E-state index is 14.1. The Morgan fingerprint density at radius 3 is 2.43 bits per heavy atom. The lowest BCUT2D eigenvalue weighted by atomic mass is 10.0. The van der Waals surface area contributed by atoms with E-state index in [-0.39, 0.29) is 40.1 Å². The first-order chi connectivity index (χ1) is 21.2. The predicted molar refractivity (Wildman–Crippen MR) is 164 cm³/mol. The number of thiazole rings is 1. The van der Waals surface area contributed by atoms with Gasteiger partial charge in [0.05, 0.1) is 25.3 Å². The predicted octanol–water partition coefficient (Wildman–Crippen LogP) is 6.77. The second-order valence-electron chi connectivity index (χ2n) is 10.7. The molecule has 7 nitrogen and oxygen atoms in total. The second-order valence-corrected chi connectivity index (χ2v) is 11.6. The largest absolute Gasteiger partial charge is 0.497 e. The third kappa shape index (κ3) is 5.96. The van der Waals surface area contributed by atoms with Gasteiger partial charge in [-0.1, -0.05) is 72.0 Å². The Hall–Kier alpha value is -4.51. The Balaban J connectivity index is 1.40. The van der Waals surface area contributed by atoms with Crippen LogP contribution in [0.5, 0.6) is 5.75 Å². The van der Waals surface area contributed by atoms with Crippen LogP contribution >= 0.6 is 11.3 Å². The van der Waals surface area contributed by atoms with Crippen molar-refractivity contribution in [3.63, 3.8) is 0 Å². The normalized spacial score (nSPS) is 15.2. The number of halogens is 3. The van der Waals surface area contributed by atoms with Crippen LogP contribution in [0.15, 0.2) is 83.7 Å². The Morgan fingerprint density at radius 1 is 0.977 bits per heavy atom. The summed E-state index contributed by atoms with van der Waals surface area (Å²) in [6.45, 7) is 0.565. The van der Waals surface area contributed by atoms with Gasteiger partial charge < -0.3 is 9.64 Å². The SMILES string of the molecule is COc1ccc(Cn2c(-c3ccccc3C(F)(F)F)nc3sc(N4CCC[C@@H]4C(=O)CCc4ccccc4)nc3c2=O)cc1. The minimum atomic E-state index is -4.66. The lowest BCUT2D eigenvalue weighted by Crippen LogP contribution is -2.36. The van der Waals surface area contributed by atoms with E-state index in [1.807, 2.05) is 35.2 Å². The van der Waals surface area contributed by atoms with Gasteiger partial charge in [0.25, 0.3) is 5.56 Å². The van der Waals surface area contributed by atoms with E-state index in [0.717, 1.165) is 29.4 Å². The van der Waals surface area contributed by atoms with Gasteiger partial charge in [-0.05, 0) is 48.6 Å². The molecule has 6 rings (SSSR count). The molecule has 44 heavy (non-hydrogen) atoms. The van der Waals surface area contributed by atoms with Crippen molar-refractivity contribution in [3.8, 4) is 17.1 Å². The molecule has 1 atom stereocenters. The lowest BCUT2D eigenvalue weighted by Gasteiger charge is -2.22. The quantitative estimate of drug-likeness (QED) is 0.182. The molecule has 0 aliphatic carbocycles. The van der Waals surface area contributed by atoms with Crippen molar-refractivity contribution in [2.45, 2.75) is 44.4 Å². The van der Waals surface area contributed by atoms with Crippen molar-refractivity contribution in [2.75, 3.05) is 18.6 Å². The van der Waals surface area contributed by atoms with Crippen molar-refractivity contribution < 1.29 is 22.7 Å². The average molecular weight is 619 g/mol. The molecule has 1 aliphatic rings. The number of benzene rings is 3. The number of rotatable bonds is 9. The third-order valence-corrected chi connectivity index (χ3v) is 8.84. The number of ketones is 1. The van der Waals surface area contributed by atoms with E-state index in [4.69, 9.17) is 4.74 Å². The van der Waals surface area contributed by atoms with Crippen molar-refractivity contribution in [2.24, 2.45) is 0 Å². The fraction of sp³-hybridized carbons (Fsp3) is 0.273. The summed E-state index contributed by atoms with van der Waals surface area (Å²) < 4.78 is 48.8. The number of carbonyl (C=O) groups excluding carboxylic acids is 1. The molecule has 0 bridgehead atoms. The van der Waals surface area contributed by atoms with Crippen LogP contribution in [0, 0.1) is 0 Å². The highest BCUT2D eigenvalue weighted by Gasteiger charge is 2.36. The summed E-state index contributed by atoms with van der Waals surface area (Å²) in [6, 6.07) is 21.5. The number of ether oxygens (including phenoxy) is 1. The number of hydrogen-bond acceptors (Lipinski definition) is 7. The van der Waals surface area contributed by atoms with E-state index in [9.17, 15) is 22.8 Å². The van der Waals surface area contributed by atoms with Crippen LogP contribution in [-0.2, 0) is 23.9 Å². The number of anilines is 1. The van der Waals surface area contributed by atoms with Gasteiger partial charge >= 0.3 is 6.18 Å². The van der Waals surface area contributed by atoms with Gasteiger partial charge in [0, 0.05) is 18.5 Å². The summed E-state index contributed by atoms with van der Waals surface area (Å²) in [5.41, 5.74) is 0.193.